The topological polar surface area (TPSA) is 0 Å². The maximum Gasteiger partial charge on any atom is 0.00502 e. The Hall–Kier alpha value is -1.52. The zero-order valence-corrected chi connectivity index (χ0v) is 8.93. The summed E-state index contributed by atoms with van der Waals surface area (Å²) >= 11 is 0. The number of benzene rings is 1. The third-order valence-electron chi connectivity index (χ3n) is 2.36. The molecule has 1 rings (SSSR count). The number of aryl methyl sites for hydroxylation is 2. The fraction of sp³-hybridized carbons (Fsp3) is 0.214. The van der Waals surface area contributed by atoms with Crippen molar-refractivity contribution in [2.24, 2.45) is 0 Å². The van der Waals surface area contributed by atoms with E-state index in [0.717, 1.165) is 12.0 Å². The van der Waals surface area contributed by atoms with Gasteiger partial charge in [-0.3, -0.25) is 0 Å². The Bertz CT molecular complexity index is 390. The largest absolute Gasteiger partial charge is 0.125 e. The molecule has 0 N–H and O–H groups in total. The first-order valence-electron chi connectivity index (χ1n) is 4.75. The van der Waals surface area contributed by atoms with E-state index in [-0.39, 0.29) is 0 Å². The molecule has 0 aliphatic carbocycles. The summed E-state index contributed by atoms with van der Waals surface area (Å²) in [7, 11) is 0. The average molecular weight is 184 g/mol. The van der Waals surface area contributed by atoms with Crippen LogP contribution < -0.4 is 0 Å². The standard InChI is InChI=1S/C14H16/c1-5-13(6-2)10-14-9-11(3)7-8-12(14)4/h5,7-9H,1-2,10H2,3-4H3. The van der Waals surface area contributed by atoms with Crippen molar-refractivity contribution in [2.45, 2.75) is 20.3 Å². The van der Waals surface area contributed by atoms with Gasteiger partial charge in [-0.05, 0) is 30.5 Å². The molecule has 1 aromatic carbocycles. The van der Waals surface area contributed by atoms with Crippen LogP contribution in [0, 0.1) is 13.8 Å². The maximum absolute atomic E-state index is 3.74. The van der Waals surface area contributed by atoms with Gasteiger partial charge in [-0.15, -0.1) is 5.73 Å². The number of allylic oxidation sites excluding steroid dienone is 2. The number of hydrogen-bond acceptors (Lipinski definition) is 0. The molecule has 0 amide bonds. The molecule has 0 saturated heterocycles. The zero-order chi connectivity index (χ0) is 10.6. The first-order valence-corrected chi connectivity index (χ1v) is 4.75. The highest BCUT2D eigenvalue weighted by molar-refractivity contribution is 5.35. The molecule has 0 saturated carbocycles. The normalized spacial score (nSPS) is 9.29. The van der Waals surface area contributed by atoms with Gasteiger partial charge in [-0.2, -0.15) is 0 Å². The highest BCUT2D eigenvalue weighted by atomic mass is 14.0. The molecule has 0 unspecified atom stereocenters. The molecule has 0 aromatic heterocycles. The molecule has 0 heterocycles. The Morgan fingerprint density at radius 2 is 2.14 bits per heavy atom. The third-order valence-corrected chi connectivity index (χ3v) is 2.36. The van der Waals surface area contributed by atoms with Gasteiger partial charge in [-0.25, -0.2) is 0 Å². The molecule has 0 radical (unpaired) electrons. The Morgan fingerprint density at radius 1 is 1.43 bits per heavy atom. The van der Waals surface area contributed by atoms with E-state index in [1.807, 2.05) is 6.08 Å². The second kappa shape index (κ2) is 4.64. The molecule has 0 aliphatic heterocycles. The van der Waals surface area contributed by atoms with Gasteiger partial charge in [0.25, 0.3) is 0 Å². The zero-order valence-electron chi connectivity index (χ0n) is 8.93. The van der Waals surface area contributed by atoms with Gasteiger partial charge in [0.15, 0.2) is 0 Å². The molecule has 0 bridgehead atoms. The van der Waals surface area contributed by atoms with Crippen molar-refractivity contribution in [3.63, 3.8) is 0 Å². The van der Waals surface area contributed by atoms with E-state index in [1.165, 1.54) is 16.7 Å². The van der Waals surface area contributed by atoms with Crippen molar-refractivity contribution in [3.8, 4) is 0 Å². The maximum atomic E-state index is 3.74. The molecule has 14 heavy (non-hydrogen) atoms. The van der Waals surface area contributed by atoms with Crippen LogP contribution in [-0.2, 0) is 6.42 Å². The van der Waals surface area contributed by atoms with Crippen molar-refractivity contribution in [3.05, 3.63) is 65.4 Å². The summed E-state index contributed by atoms with van der Waals surface area (Å²) in [5.41, 5.74) is 7.88. The minimum Gasteiger partial charge on any atom is -0.125 e. The summed E-state index contributed by atoms with van der Waals surface area (Å²) in [6.45, 7) is 11.6. The van der Waals surface area contributed by atoms with Crippen LogP contribution in [0.4, 0.5) is 0 Å². The molecule has 0 nitrogen and oxygen atoms in total. The molecule has 0 atom stereocenters. The van der Waals surface area contributed by atoms with Crippen LogP contribution in [0.1, 0.15) is 16.7 Å². The van der Waals surface area contributed by atoms with E-state index < -0.39 is 0 Å². The van der Waals surface area contributed by atoms with E-state index in [4.69, 9.17) is 0 Å². The molecule has 0 heteroatoms. The van der Waals surface area contributed by atoms with E-state index in [1.54, 1.807) is 0 Å². The van der Waals surface area contributed by atoms with E-state index in [2.05, 4.69) is 50.9 Å². The summed E-state index contributed by atoms with van der Waals surface area (Å²) < 4.78 is 0. The quantitative estimate of drug-likeness (QED) is 0.496. The second-order valence-corrected chi connectivity index (χ2v) is 3.51. The Labute approximate surface area is 86.3 Å². The second-order valence-electron chi connectivity index (χ2n) is 3.51. The van der Waals surface area contributed by atoms with Crippen molar-refractivity contribution >= 4 is 0 Å². The minimum absolute atomic E-state index is 0.876. The first-order chi connectivity index (χ1) is 6.67. The van der Waals surface area contributed by atoms with Gasteiger partial charge in [-0.1, -0.05) is 43.0 Å². The summed E-state index contributed by atoms with van der Waals surface area (Å²) in [5.74, 6) is 0. The van der Waals surface area contributed by atoms with Gasteiger partial charge in [0.2, 0.25) is 0 Å². The minimum atomic E-state index is 0.876. The highest BCUT2D eigenvalue weighted by Crippen LogP contribution is 2.14. The van der Waals surface area contributed by atoms with Gasteiger partial charge in [0.05, 0.1) is 0 Å². The lowest BCUT2D eigenvalue weighted by atomic mass is 9.99. The van der Waals surface area contributed by atoms with Crippen LogP contribution in [0.25, 0.3) is 0 Å². The SMILES string of the molecule is C=C=C(C=C)Cc1cc(C)ccc1C. The molecule has 0 spiro atoms. The average Bonchev–Trinajstić information content (AvgIpc) is 2.19. The molecule has 0 fully saturated rings. The number of rotatable bonds is 3. The lowest BCUT2D eigenvalue weighted by Gasteiger charge is -2.06. The third kappa shape index (κ3) is 2.48. The van der Waals surface area contributed by atoms with Crippen LogP contribution >= 0.6 is 0 Å². The van der Waals surface area contributed by atoms with E-state index >= 15 is 0 Å². The molecule has 72 valence electrons. The van der Waals surface area contributed by atoms with Gasteiger partial charge >= 0.3 is 0 Å². The van der Waals surface area contributed by atoms with Gasteiger partial charge in [0, 0.05) is 6.42 Å². The van der Waals surface area contributed by atoms with E-state index in [9.17, 15) is 0 Å². The first kappa shape index (κ1) is 10.6. The predicted molar refractivity (Wildman–Crippen MR) is 62.5 cm³/mol. The summed E-state index contributed by atoms with van der Waals surface area (Å²) in [5, 5.41) is 0. The monoisotopic (exact) mass is 184 g/mol. The fourth-order valence-corrected chi connectivity index (χ4v) is 1.40. The van der Waals surface area contributed by atoms with Crippen molar-refractivity contribution < 1.29 is 0 Å². The van der Waals surface area contributed by atoms with Crippen molar-refractivity contribution in [1.82, 2.24) is 0 Å². The van der Waals surface area contributed by atoms with Crippen molar-refractivity contribution in [1.29, 1.82) is 0 Å². The Morgan fingerprint density at radius 3 is 2.71 bits per heavy atom. The van der Waals surface area contributed by atoms with Crippen LogP contribution in [0.2, 0.25) is 0 Å². The van der Waals surface area contributed by atoms with Crippen LogP contribution in [-0.4, -0.2) is 0 Å². The van der Waals surface area contributed by atoms with Crippen LogP contribution in [0.5, 0.6) is 0 Å². The summed E-state index contributed by atoms with van der Waals surface area (Å²) in [6, 6.07) is 6.48. The van der Waals surface area contributed by atoms with Gasteiger partial charge < -0.3 is 0 Å². The summed E-state index contributed by atoms with van der Waals surface area (Å²) in [6.07, 6.45) is 2.69. The fourth-order valence-electron chi connectivity index (χ4n) is 1.40. The van der Waals surface area contributed by atoms with E-state index in [0.29, 0.717) is 0 Å². The van der Waals surface area contributed by atoms with Crippen LogP contribution in [0.3, 0.4) is 0 Å². The lowest BCUT2D eigenvalue weighted by molar-refractivity contribution is 1.15. The highest BCUT2D eigenvalue weighted by Gasteiger charge is 1.99. The number of hydrogen-bond donors (Lipinski definition) is 0. The van der Waals surface area contributed by atoms with Gasteiger partial charge in [0.1, 0.15) is 0 Å². The molecule has 1 aromatic rings. The van der Waals surface area contributed by atoms with Crippen LogP contribution in [0.15, 0.2) is 48.7 Å². The predicted octanol–water partition coefficient (Wildman–Crippen LogP) is 3.74. The molecule has 0 aliphatic rings. The Balaban J connectivity index is 3.01. The lowest BCUT2D eigenvalue weighted by Crippen LogP contribution is -1.91. The Kier molecular flexibility index (Phi) is 3.50. The molecular weight excluding hydrogens is 168 g/mol. The molecular formula is C14H16. The van der Waals surface area contributed by atoms with Crippen molar-refractivity contribution in [2.75, 3.05) is 0 Å². The smallest absolute Gasteiger partial charge is 0.00502 e. The summed E-state index contributed by atoms with van der Waals surface area (Å²) in [4.78, 5) is 0.